The number of nitrogens with one attached hydrogen (secondary N) is 1. The summed E-state index contributed by atoms with van der Waals surface area (Å²) >= 11 is 1.13. The van der Waals surface area contributed by atoms with E-state index in [4.69, 9.17) is 4.74 Å². The van der Waals surface area contributed by atoms with E-state index in [0.717, 1.165) is 37.0 Å². The summed E-state index contributed by atoms with van der Waals surface area (Å²) in [5, 5.41) is 4.49. The fourth-order valence-electron chi connectivity index (χ4n) is 3.43. The van der Waals surface area contributed by atoms with Crippen molar-refractivity contribution in [1.29, 1.82) is 0 Å². The van der Waals surface area contributed by atoms with Crippen molar-refractivity contribution in [2.24, 2.45) is 0 Å². The van der Waals surface area contributed by atoms with E-state index in [1.165, 1.54) is 31.4 Å². The summed E-state index contributed by atoms with van der Waals surface area (Å²) in [6.45, 7) is 0. The lowest BCUT2D eigenvalue weighted by atomic mass is 10.1. The predicted octanol–water partition coefficient (Wildman–Crippen LogP) is 4.45. The monoisotopic (exact) mass is 426 g/mol. The Bertz CT molecular complexity index is 832. The van der Waals surface area contributed by atoms with Gasteiger partial charge < -0.3 is 10.1 Å². The number of thiophene rings is 1. The Balaban J connectivity index is 2.03. The summed E-state index contributed by atoms with van der Waals surface area (Å²) in [7, 11) is 1.43. The van der Waals surface area contributed by atoms with Crippen LogP contribution in [0.25, 0.3) is 0 Å². The van der Waals surface area contributed by atoms with Gasteiger partial charge in [-0.25, -0.2) is 0 Å². The third-order valence-electron chi connectivity index (χ3n) is 4.83. The minimum absolute atomic E-state index is 0.0342. The van der Waals surface area contributed by atoms with Crippen LogP contribution in [-0.4, -0.2) is 31.1 Å². The Morgan fingerprint density at radius 2 is 1.83 bits per heavy atom. The lowest BCUT2D eigenvalue weighted by Crippen LogP contribution is -2.50. The molecule has 1 aromatic heterocycles. The smallest absolute Gasteiger partial charge is 0.471 e. The van der Waals surface area contributed by atoms with E-state index < -0.39 is 24.0 Å². The van der Waals surface area contributed by atoms with Crippen LogP contribution >= 0.6 is 11.3 Å². The van der Waals surface area contributed by atoms with E-state index in [2.05, 4.69) is 5.32 Å². The minimum atomic E-state index is -5.14. The number of carbonyl (C=O) groups is 2. The van der Waals surface area contributed by atoms with Gasteiger partial charge in [0.2, 0.25) is 5.91 Å². The molecule has 2 aromatic rings. The van der Waals surface area contributed by atoms with E-state index in [9.17, 15) is 22.8 Å². The first kappa shape index (κ1) is 21.2. The largest absolute Gasteiger partial charge is 0.497 e. The molecule has 1 unspecified atom stereocenters. The fourth-order valence-corrected chi connectivity index (χ4v) is 4.25. The summed E-state index contributed by atoms with van der Waals surface area (Å²) < 4.78 is 45.4. The van der Waals surface area contributed by atoms with Crippen LogP contribution in [-0.2, 0) is 9.59 Å². The summed E-state index contributed by atoms with van der Waals surface area (Å²) in [5.74, 6) is -2.29. The maximum absolute atomic E-state index is 13.5. The minimum Gasteiger partial charge on any atom is -0.497 e. The van der Waals surface area contributed by atoms with Crippen molar-refractivity contribution in [3.8, 4) is 5.75 Å². The van der Waals surface area contributed by atoms with Crippen molar-refractivity contribution in [3.63, 3.8) is 0 Å². The topological polar surface area (TPSA) is 58.6 Å². The fraction of sp³-hybridized carbons (Fsp3) is 0.400. The maximum atomic E-state index is 13.5. The standard InChI is InChI=1S/C20H21F3N2O3S/c1-28-15-10-8-14(9-11-15)25(19(27)20(21,22)23)17(16-7-4-12-29-16)18(26)24-13-5-2-3-6-13/h4,7-13,17H,2-3,5-6H2,1H3,(H,24,26). The van der Waals surface area contributed by atoms with Gasteiger partial charge in [-0.15, -0.1) is 11.3 Å². The molecule has 29 heavy (non-hydrogen) atoms. The normalized spacial score (nSPS) is 15.7. The van der Waals surface area contributed by atoms with E-state index in [-0.39, 0.29) is 11.7 Å². The van der Waals surface area contributed by atoms with Gasteiger partial charge in [0.25, 0.3) is 0 Å². The third-order valence-corrected chi connectivity index (χ3v) is 5.76. The lowest BCUT2D eigenvalue weighted by Gasteiger charge is -2.32. The second kappa shape index (κ2) is 8.86. The van der Waals surface area contributed by atoms with Crippen LogP contribution in [0.15, 0.2) is 41.8 Å². The van der Waals surface area contributed by atoms with Crippen molar-refractivity contribution in [2.45, 2.75) is 43.9 Å². The highest BCUT2D eigenvalue weighted by atomic mass is 32.1. The first-order valence-electron chi connectivity index (χ1n) is 9.19. The van der Waals surface area contributed by atoms with Crippen molar-refractivity contribution in [2.75, 3.05) is 12.0 Å². The van der Waals surface area contributed by atoms with Crippen LogP contribution in [0, 0.1) is 0 Å². The van der Waals surface area contributed by atoms with Crippen LogP contribution in [0.3, 0.4) is 0 Å². The molecule has 0 saturated heterocycles. The molecular formula is C20H21F3N2O3S. The van der Waals surface area contributed by atoms with Gasteiger partial charge in [0, 0.05) is 16.6 Å². The first-order valence-corrected chi connectivity index (χ1v) is 10.1. The van der Waals surface area contributed by atoms with Crippen molar-refractivity contribution < 1.29 is 27.5 Å². The lowest BCUT2D eigenvalue weighted by molar-refractivity contribution is -0.171. The maximum Gasteiger partial charge on any atom is 0.471 e. The Morgan fingerprint density at radius 1 is 1.17 bits per heavy atom. The highest BCUT2D eigenvalue weighted by molar-refractivity contribution is 7.10. The second-order valence-corrected chi connectivity index (χ2v) is 7.76. The Hall–Kier alpha value is -2.55. The van der Waals surface area contributed by atoms with Gasteiger partial charge in [0.05, 0.1) is 7.11 Å². The van der Waals surface area contributed by atoms with E-state index >= 15 is 0 Å². The average Bonchev–Trinajstić information content (AvgIpc) is 3.39. The van der Waals surface area contributed by atoms with Gasteiger partial charge in [0.1, 0.15) is 5.75 Å². The molecule has 1 atom stereocenters. The van der Waals surface area contributed by atoms with Gasteiger partial charge in [0.15, 0.2) is 6.04 Å². The molecule has 1 N–H and O–H groups in total. The van der Waals surface area contributed by atoms with Crippen molar-refractivity contribution in [1.82, 2.24) is 5.32 Å². The van der Waals surface area contributed by atoms with Gasteiger partial charge in [-0.2, -0.15) is 13.2 Å². The number of hydrogen-bond acceptors (Lipinski definition) is 4. The Morgan fingerprint density at radius 3 is 2.34 bits per heavy atom. The van der Waals surface area contributed by atoms with E-state index in [0.29, 0.717) is 15.5 Å². The number of halogens is 3. The average molecular weight is 426 g/mol. The van der Waals surface area contributed by atoms with Crippen LogP contribution < -0.4 is 15.0 Å². The predicted molar refractivity (Wildman–Crippen MR) is 104 cm³/mol. The van der Waals surface area contributed by atoms with Gasteiger partial charge in [-0.1, -0.05) is 18.9 Å². The number of anilines is 1. The summed E-state index contributed by atoms with van der Waals surface area (Å²) in [4.78, 5) is 26.3. The zero-order chi connectivity index (χ0) is 21.0. The number of benzene rings is 1. The second-order valence-electron chi connectivity index (χ2n) is 6.78. The van der Waals surface area contributed by atoms with Crippen LogP contribution in [0.1, 0.15) is 36.6 Å². The molecule has 3 rings (SSSR count). The molecular weight excluding hydrogens is 405 g/mol. The van der Waals surface area contributed by atoms with E-state index in [1.807, 2.05) is 0 Å². The molecule has 0 radical (unpaired) electrons. The van der Waals surface area contributed by atoms with Crippen molar-refractivity contribution >= 4 is 28.8 Å². The number of ether oxygens (including phenoxy) is 1. The van der Waals surface area contributed by atoms with Gasteiger partial charge >= 0.3 is 12.1 Å². The van der Waals surface area contributed by atoms with Crippen LogP contribution in [0.5, 0.6) is 5.75 Å². The molecule has 0 bridgehead atoms. The number of carbonyl (C=O) groups excluding carboxylic acids is 2. The Kier molecular flexibility index (Phi) is 6.46. The molecule has 9 heteroatoms. The molecule has 1 aliphatic rings. The quantitative estimate of drug-likeness (QED) is 0.742. The number of hydrogen-bond donors (Lipinski definition) is 1. The summed E-state index contributed by atoms with van der Waals surface area (Å²) in [5.41, 5.74) is -0.0342. The molecule has 1 aromatic carbocycles. The molecule has 1 saturated carbocycles. The first-order chi connectivity index (χ1) is 13.8. The van der Waals surface area contributed by atoms with E-state index in [1.54, 1.807) is 17.5 Å². The molecule has 1 heterocycles. The SMILES string of the molecule is COc1ccc(N(C(=O)C(F)(F)F)C(C(=O)NC2CCCC2)c2cccs2)cc1. The molecule has 0 spiro atoms. The molecule has 2 amide bonds. The molecule has 0 aliphatic heterocycles. The van der Waals surface area contributed by atoms with Gasteiger partial charge in [-0.05, 0) is 48.6 Å². The zero-order valence-corrected chi connectivity index (χ0v) is 16.6. The highest BCUT2D eigenvalue weighted by Gasteiger charge is 2.47. The van der Waals surface area contributed by atoms with Crippen molar-refractivity contribution in [3.05, 3.63) is 46.7 Å². The number of rotatable bonds is 6. The number of alkyl halides is 3. The number of nitrogens with zero attached hydrogens (tertiary/aromatic N) is 1. The zero-order valence-electron chi connectivity index (χ0n) is 15.7. The van der Waals surface area contributed by atoms with Gasteiger partial charge in [-0.3, -0.25) is 14.5 Å². The number of methoxy groups -OCH3 is 1. The molecule has 5 nitrogen and oxygen atoms in total. The summed E-state index contributed by atoms with van der Waals surface area (Å²) in [6, 6.07) is 7.27. The summed E-state index contributed by atoms with van der Waals surface area (Å²) in [6.07, 6.45) is -1.67. The van der Waals surface area contributed by atoms with Crippen LogP contribution in [0.4, 0.5) is 18.9 Å². The Labute approximate surface area is 170 Å². The molecule has 1 aliphatic carbocycles. The van der Waals surface area contributed by atoms with Crippen LogP contribution in [0.2, 0.25) is 0 Å². The molecule has 1 fully saturated rings. The number of amides is 2. The highest BCUT2D eigenvalue weighted by Crippen LogP contribution is 2.35. The molecule has 156 valence electrons. The third kappa shape index (κ3) is 4.90.